The number of amides is 2. The molecule has 0 spiro atoms. The van der Waals surface area contributed by atoms with Crippen LogP contribution >= 0.6 is 0 Å². The van der Waals surface area contributed by atoms with Crippen molar-refractivity contribution in [3.63, 3.8) is 0 Å². The molecule has 1 N–H and O–H groups in total. The van der Waals surface area contributed by atoms with Crippen molar-refractivity contribution >= 4 is 11.8 Å². The number of nitrogens with zero attached hydrogens (tertiary/aromatic N) is 2. The van der Waals surface area contributed by atoms with Gasteiger partial charge in [-0.1, -0.05) is 54.8 Å². The lowest BCUT2D eigenvalue weighted by atomic mass is 9.68. The molecule has 2 heterocycles. The highest BCUT2D eigenvalue weighted by Gasteiger charge is 2.41. The Kier molecular flexibility index (Phi) is 6.44. The molecule has 0 bridgehead atoms. The Morgan fingerprint density at radius 1 is 1.16 bits per heavy atom. The second kappa shape index (κ2) is 9.25. The van der Waals surface area contributed by atoms with Crippen molar-refractivity contribution < 1.29 is 14.1 Å². The zero-order valence-corrected chi connectivity index (χ0v) is 18.7. The number of likely N-dealkylation sites (tertiary alicyclic amines) is 1. The molecule has 2 aliphatic rings. The fraction of sp³-hybridized carbons (Fsp3) is 0.560. The van der Waals surface area contributed by atoms with E-state index in [-0.39, 0.29) is 17.9 Å². The second-order valence-corrected chi connectivity index (χ2v) is 9.12. The van der Waals surface area contributed by atoms with Crippen molar-refractivity contribution in [3.8, 4) is 0 Å². The van der Waals surface area contributed by atoms with E-state index in [1.165, 1.54) is 6.42 Å². The van der Waals surface area contributed by atoms with Gasteiger partial charge in [0.2, 0.25) is 11.8 Å². The summed E-state index contributed by atoms with van der Waals surface area (Å²) in [6, 6.07) is 10.3. The Bertz CT molecular complexity index is 896. The molecule has 2 aromatic rings. The fourth-order valence-corrected chi connectivity index (χ4v) is 5.15. The van der Waals surface area contributed by atoms with Crippen LogP contribution in [0.15, 0.2) is 34.9 Å². The average Bonchev–Trinajstić information content (AvgIpc) is 3.01. The predicted molar refractivity (Wildman–Crippen MR) is 118 cm³/mol. The Morgan fingerprint density at radius 3 is 2.58 bits per heavy atom. The van der Waals surface area contributed by atoms with Crippen LogP contribution in [0.2, 0.25) is 0 Å². The highest BCUT2D eigenvalue weighted by Crippen LogP contribution is 2.40. The molecule has 0 radical (unpaired) electrons. The lowest BCUT2D eigenvalue weighted by Crippen LogP contribution is -2.49. The van der Waals surface area contributed by atoms with Crippen LogP contribution < -0.4 is 5.32 Å². The van der Waals surface area contributed by atoms with Crippen LogP contribution in [0.5, 0.6) is 0 Å². The summed E-state index contributed by atoms with van der Waals surface area (Å²) in [5.74, 6) is 1.03. The smallest absolute Gasteiger partial charge is 0.230 e. The largest absolute Gasteiger partial charge is 0.361 e. The third-order valence-electron chi connectivity index (χ3n) is 7.14. The molecular weight excluding hydrogens is 390 g/mol. The molecule has 1 atom stereocenters. The zero-order chi connectivity index (χ0) is 21.8. The monoisotopic (exact) mass is 423 g/mol. The number of benzene rings is 1. The number of aromatic nitrogens is 1. The van der Waals surface area contributed by atoms with E-state index in [1.54, 1.807) is 0 Å². The number of hydrogen-bond donors (Lipinski definition) is 1. The number of carbonyl (C=O) groups is 2. The van der Waals surface area contributed by atoms with Crippen molar-refractivity contribution in [1.82, 2.24) is 15.4 Å². The van der Waals surface area contributed by atoms with Crippen LogP contribution in [-0.2, 0) is 21.5 Å². The molecular formula is C25H33N3O3. The molecule has 1 saturated carbocycles. The van der Waals surface area contributed by atoms with Crippen molar-refractivity contribution in [2.75, 3.05) is 6.54 Å². The average molecular weight is 424 g/mol. The van der Waals surface area contributed by atoms with Gasteiger partial charge in [-0.2, -0.15) is 0 Å². The lowest BCUT2D eigenvalue weighted by molar-refractivity contribution is -0.131. The first kappa shape index (κ1) is 21.6. The summed E-state index contributed by atoms with van der Waals surface area (Å²) in [5.41, 5.74) is 2.51. The maximum atomic E-state index is 13.6. The Morgan fingerprint density at radius 2 is 1.90 bits per heavy atom. The Labute approximate surface area is 184 Å². The van der Waals surface area contributed by atoms with Gasteiger partial charge in [0.1, 0.15) is 5.76 Å². The number of carbonyl (C=O) groups excluding carboxylic acids is 2. The minimum atomic E-state index is -0.438. The number of nitrogens with one attached hydrogen (secondary N) is 1. The van der Waals surface area contributed by atoms with Crippen LogP contribution in [0.4, 0.5) is 0 Å². The summed E-state index contributed by atoms with van der Waals surface area (Å²) < 4.78 is 5.25. The SMILES string of the molecule is Cc1noc(C)c1CN1CCC(NC(=O)C2(c3ccccc3)CCCCC2)CCC1=O. The minimum absolute atomic E-state index is 0.0219. The van der Waals surface area contributed by atoms with Crippen LogP contribution in [-0.4, -0.2) is 34.5 Å². The molecule has 2 amide bonds. The first-order chi connectivity index (χ1) is 15.0. The molecule has 1 aliphatic carbocycles. The lowest BCUT2D eigenvalue weighted by Gasteiger charge is -2.37. The van der Waals surface area contributed by atoms with E-state index in [1.807, 2.05) is 36.9 Å². The molecule has 1 aromatic heterocycles. The van der Waals surface area contributed by atoms with Crippen molar-refractivity contribution in [1.29, 1.82) is 0 Å². The Balaban J connectivity index is 1.44. The van der Waals surface area contributed by atoms with E-state index in [2.05, 4.69) is 22.6 Å². The fourth-order valence-electron chi connectivity index (χ4n) is 5.15. The normalized spacial score (nSPS) is 21.5. The van der Waals surface area contributed by atoms with Gasteiger partial charge >= 0.3 is 0 Å². The van der Waals surface area contributed by atoms with E-state index in [9.17, 15) is 9.59 Å². The third-order valence-corrected chi connectivity index (χ3v) is 7.14. The van der Waals surface area contributed by atoms with Crippen LogP contribution in [0.25, 0.3) is 0 Å². The number of aryl methyl sites for hydroxylation is 2. The van der Waals surface area contributed by atoms with Gasteiger partial charge in [-0.15, -0.1) is 0 Å². The minimum Gasteiger partial charge on any atom is -0.361 e. The van der Waals surface area contributed by atoms with Gasteiger partial charge < -0.3 is 14.7 Å². The zero-order valence-electron chi connectivity index (χ0n) is 18.7. The summed E-state index contributed by atoms with van der Waals surface area (Å²) in [5, 5.41) is 7.34. The molecule has 1 saturated heterocycles. The van der Waals surface area contributed by atoms with E-state index < -0.39 is 5.41 Å². The number of hydrogen-bond acceptors (Lipinski definition) is 4. The predicted octanol–water partition coefficient (Wildman–Crippen LogP) is 4.19. The quantitative estimate of drug-likeness (QED) is 0.782. The summed E-state index contributed by atoms with van der Waals surface area (Å²) in [7, 11) is 0. The Hall–Kier alpha value is -2.63. The molecule has 6 nitrogen and oxygen atoms in total. The van der Waals surface area contributed by atoms with E-state index in [0.717, 1.165) is 54.7 Å². The first-order valence-electron chi connectivity index (χ1n) is 11.6. The summed E-state index contributed by atoms with van der Waals surface area (Å²) in [6.45, 7) is 4.94. The summed E-state index contributed by atoms with van der Waals surface area (Å²) >= 11 is 0. The van der Waals surface area contributed by atoms with Crippen LogP contribution in [0.1, 0.15) is 73.9 Å². The van der Waals surface area contributed by atoms with Gasteiger partial charge in [0, 0.05) is 24.6 Å². The van der Waals surface area contributed by atoms with Gasteiger partial charge in [-0.25, -0.2) is 0 Å². The van der Waals surface area contributed by atoms with Gasteiger partial charge in [-0.3, -0.25) is 9.59 Å². The third kappa shape index (κ3) is 4.53. The van der Waals surface area contributed by atoms with E-state index in [0.29, 0.717) is 25.9 Å². The van der Waals surface area contributed by atoms with E-state index in [4.69, 9.17) is 4.52 Å². The molecule has 166 valence electrons. The molecule has 4 rings (SSSR count). The molecule has 31 heavy (non-hydrogen) atoms. The molecule has 1 aliphatic heterocycles. The highest BCUT2D eigenvalue weighted by molar-refractivity contribution is 5.88. The summed E-state index contributed by atoms with van der Waals surface area (Å²) in [4.78, 5) is 28.2. The highest BCUT2D eigenvalue weighted by atomic mass is 16.5. The van der Waals surface area contributed by atoms with Gasteiger partial charge in [-0.05, 0) is 45.1 Å². The van der Waals surface area contributed by atoms with Gasteiger partial charge in [0.05, 0.1) is 17.7 Å². The van der Waals surface area contributed by atoms with Crippen LogP contribution in [0, 0.1) is 13.8 Å². The van der Waals surface area contributed by atoms with Gasteiger partial charge in [0.15, 0.2) is 0 Å². The molecule has 2 fully saturated rings. The first-order valence-corrected chi connectivity index (χ1v) is 11.6. The maximum absolute atomic E-state index is 13.6. The number of rotatable bonds is 5. The molecule has 1 aromatic carbocycles. The summed E-state index contributed by atoms with van der Waals surface area (Å²) in [6.07, 6.45) is 7.05. The van der Waals surface area contributed by atoms with Crippen molar-refractivity contribution in [2.24, 2.45) is 0 Å². The maximum Gasteiger partial charge on any atom is 0.230 e. The van der Waals surface area contributed by atoms with Crippen molar-refractivity contribution in [3.05, 3.63) is 52.9 Å². The van der Waals surface area contributed by atoms with Crippen molar-refractivity contribution in [2.45, 2.75) is 83.2 Å². The van der Waals surface area contributed by atoms with Gasteiger partial charge in [0.25, 0.3) is 0 Å². The van der Waals surface area contributed by atoms with Crippen LogP contribution in [0.3, 0.4) is 0 Å². The second-order valence-electron chi connectivity index (χ2n) is 9.12. The molecule has 6 heteroatoms. The van der Waals surface area contributed by atoms with E-state index >= 15 is 0 Å². The topological polar surface area (TPSA) is 75.4 Å². The standard InChI is InChI=1S/C25H33N3O3/c1-18-22(19(2)31-27-18)17-28-16-13-21(11-12-23(28)29)26-24(30)25(14-7-4-8-15-25)20-9-5-3-6-10-20/h3,5-6,9-10,21H,4,7-8,11-17H2,1-2H3,(H,26,30). The molecule has 1 unspecified atom stereocenters.